The van der Waals surface area contributed by atoms with Crippen LogP contribution in [0.1, 0.15) is 11.1 Å². The molecule has 10 aromatic carbocycles. The first-order valence-corrected chi connectivity index (χ1v) is 26.5. The van der Waals surface area contributed by atoms with Gasteiger partial charge in [-0.1, -0.05) is 303 Å². The minimum atomic E-state index is -1.22. The van der Waals surface area contributed by atoms with Gasteiger partial charge in [0.1, 0.15) is 12.3 Å². The van der Waals surface area contributed by atoms with Gasteiger partial charge in [0.05, 0.1) is 0 Å². The Kier molecular flexibility index (Phi) is 16.5. The zero-order valence-electron chi connectivity index (χ0n) is 42.9. The molecule has 2 heterocycles. The molecule has 12 aromatic rings. The van der Waals surface area contributed by atoms with Gasteiger partial charge < -0.3 is 0 Å². The van der Waals surface area contributed by atoms with E-state index in [9.17, 15) is 0 Å². The third-order valence-corrected chi connectivity index (χ3v) is 14.9. The third kappa shape index (κ3) is 11.5. The summed E-state index contributed by atoms with van der Waals surface area (Å²) in [6.45, 7) is 1.79. The summed E-state index contributed by atoms with van der Waals surface area (Å²) in [6.07, 6.45) is 6.15. The molecular weight excluding hydrogens is 914 g/mol. The van der Waals surface area contributed by atoms with Gasteiger partial charge in [-0.2, -0.15) is 43.7 Å². The number of nitrogens with zero attached hydrogens (tertiary/aromatic N) is 2. The minimum Gasteiger partial charge on any atom is -0.201 e. The first kappa shape index (κ1) is 50.2. The Morgan fingerprint density at radius 3 is 0.513 bits per heavy atom. The molecule has 0 aliphatic carbocycles. The van der Waals surface area contributed by atoms with Gasteiger partial charge in [-0.3, -0.25) is 0 Å². The summed E-state index contributed by atoms with van der Waals surface area (Å²) in [4.78, 5) is 0. The highest BCUT2D eigenvalue weighted by atomic mass is 14.9. The minimum absolute atomic E-state index is 0.896. The summed E-state index contributed by atoms with van der Waals surface area (Å²) in [5.74, 6) is 0. The Labute approximate surface area is 450 Å². The molecule has 12 rings (SSSR count). The molecule has 0 spiro atoms. The predicted octanol–water partition coefficient (Wildman–Crippen LogP) is 10.2. The monoisotopic (exact) mass is 977 g/mol. The van der Waals surface area contributed by atoms with Gasteiger partial charge in [-0.05, 0) is 11.1 Å². The lowest BCUT2D eigenvalue weighted by atomic mass is 9.13. The molecule has 0 aliphatic heterocycles. The average Bonchev–Trinajstić information content (AvgIpc) is 3.56. The Morgan fingerprint density at radius 2 is 0.342 bits per heavy atom. The number of rotatable bonds is 13. The van der Waals surface area contributed by atoms with E-state index in [2.05, 4.69) is 362 Å². The van der Waals surface area contributed by atoms with Gasteiger partial charge in [-0.25, -0.2) is 9.13 Å². The lowest BCUT2D eigenvalue weighted by Gasteiger charge is -2.44. The fourth-order valence-electron chi connectivity index (χ4n) is 11.3. The molecule has 0 N–H and O–H groups in total. The second-order valence-corrected chi connectivity index (χ2v) is 19.5. The first-order valence-electron chi connectivity index (χ1n) is 26.5. The largest absolute Gasteiger partial charge is 0.201 e. The highest BCUT2D eigenvalue weighted by Crippen LogP contribution is 2.17. The maximum Gasteiger partial charge on any atom is 0.173 e. The van der Waals surface area contributed by atoms with Crippen molar-refractivity contribution >= 4 is 56.0 Å². The molecule has 0 radical (unpaired) electrons. The van der Waals surface area contributed by atoms with Crippen LogP contribution in [0.3, 0.4) is 0 Å². The van der Waals surface area contributed by atoms with E-state index in [0.717, 1.165) is 13.1 Å². The van der Waals surface area contributed by atoms with Crippen LogP contribution < -0.4 is 52.8 Å². The van der Waals surface area contributed by atoms with E-state index >= 15 is 0 Å². The molecule has 0 atom stereocenters. The quantitative estimate of drug-likeness (QED) is 0.0804. The summed E-state index contributed by atoms with van der Waals surface area (Å²) in [5, 5.41) is 0. The molecule has 0 unspecified atom stereocenters. The zero-order valence-corrected chi connectivity index (χ0v) is 42.9. The van der Waals surface area contributed by atoms with Gasteiger partial charge in [-0.15, -0.1) is 0 Å². The Morgan fingerprint density at radius 1 is 0.184 bits per heavy atom. The van der Waals surface area contributed by atoms with Crippen LogP contribution in [0.25, 0.3) is 11.1 Å². The van der Waals surface area contributed by atoms with E-state index < -0.39 is 12.3 Å². The topological polar surface area (TPSA) is 7.76 Å². The van der Waals surface area contributed by atoms with Crippen LogP contribution in [-0.2, 0) is 13.1 Å². The number of aromatic nitrogens is 2. The van der Waals surface area contributed by atoms with E-state index in [1.807, 2.05) is 0 Å². The Bertz CT molecular complexity index is 2990. The zero-order chi connectivity index (χ0) is 51.5. The molecule has 76 heavy (non-hydrogen) atoms. The van der Waals surface area contributed by atoms with E-state index in [0.29, 0.717) is 0 Å². The summed E-state index contributed by atoms with van der Waals surface area (Å²) < 4.78 is 4.41. The SMILES string of the molecule is c1ccc(C[n+]2ccc(-c3cc[n+](Cc4ccccc4)cc3)cc2)cc1.c1ccc([B-](c2ccccc2)(c2ccccc2)c2ccccc2)cc1.c1ccc([B-](c2ccccc2)(c2ccccc2)c2ccccc2)cc1. The molecule has 4 heteroatoms. The fraction of sp³-hybridized carbons (Fsp3) is 0.0278. The number of pyridine rings is 2. The number of hydrogen-bond acceptors (Lipinski definition) is 0. The van der Waals surface area contributed by atoms with Crippen molar-refractivity contribution in [3.05, 3.63) is 363 Å². The van der Waals surface area contributed by atoms with Crippen molar-refractivity contribution in [2.45, 2.75) is 13.1 Å². The van der Waals surface area contributed by atoms with Gasteiger partial charge in [0.25, 0.3) is 0 Å². The van der Waals surface area contributed by atoms with Crippen molar-refractivity contribution in [3.8, 4) is 11.1 Å². The molecule has 2 nitrogen and oxygen atoms in total. The van der Waals surface area contributed by atoms with Crippen LogP contribution in [0.4, 0.5) is 0 Å². The van der Waals surface area contributed by atoms with Crippen molar-refractivity contribution in [1.82, 2.24) is 0 Å². The van der Waals surface area contributed by atoms with Crippen LogP contribution in [-0.4, -0.2) is 12.3 Å². The van der Waals surface area contributed by atoms with E-state index in [-0.39, 0.29) is 0 Å². The lowest BCUT2D eigenvalue weighted by Crippen LogP contribution is -2.74. The van der Waals surface area contributed by atoms with Crippen LogP contribution in [0.5, 0.6) is 0 Å². The van der Waals surface area contributed by atoms with E-state index in [4.69, 9.17) is 0 Å². The van der Waals surface area contributed by atoms with Gasteiger partial charge in [0.2, 0.25) is 0 Å². The summed E-state index contributed by atoms with van der Waals surface area (Å²) in [7, 11) is 0. The standard InChI is InChI=1S/2C24H20B.C24H22N2/c2*1-5-13-21(14-6-1)25(22-15-7-2-8-16-22,23-17-9-3-10-18-23)24-19-11-4-12-20-24;1-3-7-21(8-4-1)19-25-15-11-23(12-16-25)24-13-17-26(18-14-24)20-22-9-5-2-6-10-22/h2*1-20H;1-18H,19-20H2/q2*-1;+2. The van der Waals surface area contributed by atoms with Crippen molar-refractivity contribution in [2.24, 2.45) is 0 Å². The maximum absolute atomic E-state index is 2.26. The second-order valence-electron chi connectivity index (χ2n) is 19.5. The number of benzene rings is 10. The summed E-state index contributed by atoms with van der Waals surface area (Å²) in [6, 6.07) is 117. The smallest absolute Gasteiger partial charge is 0.173 e. The highest BCUT2D eigenvalue weighted by molar-refractivity contribution is 7.20. The maximum atomic E-state index is 2.26. The Balaban J connectivity index is 0.000000130. The van der Waals surface area contributed by atoms with E-state index in [1.54, 1.807) is 0 Å². The lowest BCUT2D eigenvalue weighted by molar-refractivity contribution is -0.688. The molecule has 0 amide bonds. The van der Waals surface area contributed by atoms with Crippen molar-refractivity contribution in [2.75, 3.05) is 0 Å². The normalized spacial score (nSPS) is 11.0. The van der Waals surface area contributed by atoms with Crippen molar-refractivity contribution < 1.29 is 9.13 Å². The molecule has 0 aliphatic rings. The highest BCUT2D eigenvalue weighted by Gasteiger charge is 2.32. The second kappa shape index (κ2) is 25.0. The van der Waals surface area contributed by atoms with Crippen LogP contribution in [0, 0.1) is 0 Å². The Hall–Kier alpha value is -9.37. The molecule has 0 saturated heterocycles. The predicted molar refractivity (Wildman–Crippen MR) is 323 cm³/mol. The van der Waals surface area contributed by atoms with E-state index in [1.165, 1.54) is 66.0 Å². The molecule has 2 aromatic heterocycles. The molecule has 366 valence electrons. The third-order valence-electron chi connectivity index (χ3n) is 14.9. The summed E-state index contributed by atoms with van der Waals surface area (Å²) >= 11 is 0. The van der Waals surface area contributed by atoms with Crippen molar-refractivity contribution in [3.63, 3.8) is 0 Å². The van der Waals surface area contributed by atoms with Crippen LogP contribution >= 0.6 is 0 Å². The average molecular weight is 977 g/mol. The van der Waals surface area contributed by atoms with Crippen LogP contribution in [0.15, 0.2) is 352 Å². The van der Waals surface area contributed by atoms with Crippen molar-refractivity contribution in [1.29, 1.82) is 0 Å². The molecule has 0 saturated carbocycles. The number of hydrogen-bond donors (Lipinski definition) is 0. The summed E-state index contributed by atoms with van der Waals surface area (Å²) in [5.41, 5.74) is 15.8. The first-order chi connectivity index (χ1) is 37.7. The van der Waals surface area contributed by atoms with Gasteiger partial charge in [0.15, 0.2) is 37.9 Å². The molecule has 0 bridgehead atoms. The van der Waals surface area contributed by atoms with Gasteiger partial charge in [0, 0.05) is 35.4 Å². The van der Waals surface area contributed by atoms with Gasteiger partial charge >= 0.3 is 0 Å². The van der Waals surface area contributed by atoms with Crippen LogP contribution in [0.2, 0.25) is 0 Å². The molecular formula is C72H62B2N2. The fourth-order valence-corrected chi connectivity index (χ4v) is 11.3. The molecule has 0 fully saturated rings.